The van der Waals surface area contributed by atoms with Gasteiger partial charge in [-0.1, -0.05) is 54.4 Å². The predicted octanol–water partition coefficient (Wildman–Crippen LogP) is 3.60. The summed E-state index contributed by atoms with van der Waals surface area (Å²) in [6.07, 6.45) is 0.744. The van der Waals surface area contributed by atoms with Gasteiger partial charge in [-0.15, -0.1) is 0 Å². The topological polar surface area (TPSA) is 86.8 Å². The van der Waals surface area contributed by atoms with Crippen LogP contribution < -0.4 is 5.32 Å². The fourth-order valence-corrected chi connectivity index (χ4v) is 4.43. The molecule has 0 aromatic heterocycles. The summed E-state index contributed by atoms with van der Waals surface area (Å²) in [5, 5.41) is 3.35. The number of likely N-dealkylation sites (N-methyl/N-ethyl adjacent to an activating group) is 1. The molecular weight excluding hydrogens is 462 g/mol. The highest BCUT2D eigenvalue weighted by atomic mass is 35.5. The van der Waals surface area contributed by atoms with Crippen molar-refractivity contribution < 1.29 is 18.0 Å². The minimum absolute atomic E-state index is 0.0539. The Balaban J connectivity index is 2.29. The standard InChI is InChI=1S/C24H32ClN3O4S/c1-6-18(3)26-24(30)19(4)28(15-20-9-7-8-10-22(20)25)23(29)16-27(5)33(31,32)21-13-11-17(2)12-14-21/h7-14,18-19H,6,15-16H2,1-5H3,(H,26,30)/t18-,19-/m0/s1. The average molecular weight is 494 g/mol. The van der Waals surface area contributed by atoms with Crippen LogP contribution in [0.5, 0.6) is 0 Å². The van der Waals surface area contributed by atoms with E-state index >= 15 is 0 Å². The SMILES string of the molecule is CC[C@H](C)NC(=O)[C@H](C)N(Cc1ccccc1Cl)C(=O)CN(C)S(=O)(=O)c1ccc(C)cc1. The molecule has 2 aromatic carbocycles. The summed E-state index contributed by atoms with van der Waals surface area (Å²) in [5.41, 5.74) is 1.60. The van der Waals surface area contributed by atoms with Gasteiger partial charge in [0, 0.05) is 24.7 Å². The molecule has 2 atom stereocenters. The Labute approximate surface area is 201 Å². The summed E-state index contributed by atoms with van der Waals surface area (Å²) in [7, 11) is -2.52. The van der Waals surface area contributed by atoms with Crippen molar-refractivity contribution in [2.75, 3.05) is 13.6 Å². The first-order chi connectivity index (χ1) is 15.5. The molecule has 180 valence electrons. The number of amides is 2. The number of carbonyl (C=O) groups is 2. The zero-order valence-electron chi connectivity index (χ0n) is 19.7. The van der Waals surface area contributed by atoms with Crippen LogP contribution in [-0.4, -0.2) is 55.1 Å². The number of carbonyl (C=O) groups excluding carboxylic acids is 2. The molecule has 9 heteroatoms. The molecule has 0 bridgehead atoms. The molecule has 0 unspecified atom stereocenters. The van der Waals surface area contributed by atoms with Crippen molar-refractivity contribution in [2.45, 2.75) is 57.6 Å². The third kappa shape index (κ3) is 7.03. The molecule has 33 heavy (non-hydrogen) atoms. The summed E-state index contributed by atoms with van der Waals surface area (Å²) < 4.78 is 26.9. The molecule has 0 heterocycles. The Morgan fingerprint density at radius 3 is 2.24 bits per heavy atom. The van der Waals surface area contributed by atoms with Crippen molar-refractivity contribution in [3.8, 4) is 0 Å². The van der Waals surface area contributed by atoms with Crippen LogP contribution >= 0.6 is 11.6 Å². The van der Waals surface area contributed by atoms with E-state index in [4.69, 9.17) is 11.6 Å². The number of hydrogen-bond acceptors (Lipinski definition) is 4. The van der Waals surface area contributed by atoms with Crippen LogP contribution in [0.1, 0.15) is 38.3 Å². The van der Waals surface area contributed by atoms with Gasteiger partial charge in [-0.25, -0.2) is 8.42 Å². The van der Waals surface area contributed by atoms with E-state index < -0.39 is 28.5 Å². The van der Waals surface area contributed by atoms with Crippen molar-refractivity contribution in [2.24, 2.45) is 0 Å². The highest BCUT2D eigenvalue weighted by molar-refractivity contribution is 7.89. The molecule has 0 aliphatic rings. The van der Waals surface area contributed by atoms with Gasteiger partial charge in [0.15, 0.2) is 0 Å². The Kier molecular flexibility index (Phi) is 9.46. The number of rotatable bonds is 10. The minimum atomic E-state index is -3.88. The molecular formula is C24H32ClN3O4S. The maximum absolute atomic E-state index is 13.3. The number of nitrogens with one attached hydrogen (secondary N) is 1. The molecule has 0 aliphatic carbocycles. The number of sulfonamides is 1. The monoisotopic (exact) mass is 493 g/mol. The lowest BCUT2D eigenvalue weighted by Crippen LogP contribution is -2.51. The molecule has 2 aromatic rings. The van der Waals surface area contributed by atoms with Gasteiger partial charge >= 0.3 is 0 Å². The first-order valence-electron chi connectivity index (χ1n) is 10.8. The van der Waals surface area contributed by atoms with E-state index in [0.29, 0.717) is 10.6 Å². The van der Waals surface area contributed by atoms with Gasteiger partial charge in [0.05, 0.1) is 11.4 Å². The second-order valence-corrected chi connectivity index (χ2v) is 10.6. The molecule has 2 rings (SSSR count). The number of benzene rings is 2. The lowest BCUT2D eigenvalue weighted by molar-refractivity contribution is -0.140. The summed E-state index contributed by atoms with van der Waals surface area (Å²) in [5.74, 6) is -0.811. The molecule has 0 fully saturated rings. The van der Waals surface area contributed by atoms with E-state index in [1.54, 1.807) is 43.3 Å². The van der Waals surface area contributed by atoms with E-state index in [-0.39, 0.29) is 23.4 Å². The van der Waals surface area contributed by atoms with Crippen molar-refractivity contribution in [1.29, 1.82) is 0 Å². The zero-order valence-corrected chi connectivity index (χ0v) is 21.3. The number of nitrogens with zero attached hydrogens (tertiary/aromatic N) is 2. The Morgan fingerprint density at radius 1 is 1.06 bits per heavy atom. The van der Waals surface area contributed by atoms with Gasteiger partial charge in [-0.2, -0.15) is 4.31 Å². The third-order valence-corrected chi connectivity index (χ3v) is 7.74. The molecule has 0 spiro atoms. The van der Waals surface area contributed by atoms with E-state index in [1.807, 2.05) is 20.8 Å². The molecule has 0 aliphatic heterocycles. The fraction of sp³-hybridized carbons (Fsp3) is 0.417. The van der Waals surface area contributed by atoms with E-state index in [1.165, 1.54) is 24.1 Å². The zero-order chi connectivity index (χ0) is 24.8. The fourth-order valence-electron chi connectivity index (χ4n) is 3.11. The van der Waals surface area contributed by atoms with E-state index in [0.717, 1.165) is 16.3 Å². The van der Waals surface area contributed by atoms with Gasteiger partial charge in [-0.05, 0) is 51.0 Å². The smallest absolute Gasteiger partial charge is 0.243 e. The van der Waals surface area contributed by atoms with Crippen molar-refractivity contribution in [3.05, 3.63) is 64.7 Å². The van der Waals surface area contributed by atoms with E-state index in [9.17, 15) is 18.0 Å². The molecule has 1 N–H and O–H groups in total. The van der Waals surface area contributed by atoms with Crippen LogP contribution in [0.4, 0.5) is 0 Å². The lowest BCUT2D eigenvalue weighted by atomic mass is 10.1. The largest absolute Gasteiger partial charge is 0.352 e. The van der Waals surface area contributed by atoms with Crippen LogP contribution in [0.15, 0.2) is 53.4 Å². The van der Waals surface area contributed by atoms with Crippen LogP contribution in [0.25, 0.3) is 0 Å². The normalized spacial score (nSPS) is 13.4. The Hall–Kier alpha value is -2.42. The second kappa shape index (κ2) is 11.6. The minimum Gasteiger partial charge on any atom is -0.352 e. The molecule has 0 saturated heterocycles. The summed E-state index contributed by atoms with van der Waals surface area (Å²) in [6, 6.07) is 12.6. The van der Waals surface area contributed by atoms with Crippen molar-refractivity contribution in [1.82, 2.24) is 14.5 Å². The van der Waals surface area contributed by atoms with Crippen molar-refractivity contribution in [3.63, 3.8) is 0 Å². The van der Waals surface area contributed by atoms with Gasteiger partial charge in [0.25, 0.3) is 0 Å². The number of halogens is 1. The Bertz CT molecular complexity index is 1070. The first kappa shape index (κ1) is 26.8. The summed E-state index contributed by atoms with van der Waals surface area (Å²) in [6.45, 7) is 6.98. The van der Waals surface area contributed by atoms with E-state index in [2.05, 4.69) is 5.32 Å². The van der Waals surface area contributed by atoms with Crippen LogP contribution in [0.2, 0.25) is 5.02 Å². The average Bonchev–Trinajstić information content (AvgIpc) is 2.78. The van der Waals surface area contributed by atoms with Crippen LogP contribution in [0, 0.1) is 6.92 Å². The predicted molar refractivity (Wildman–Crippen MR) is 130 cm³/mol. The summed E-state index contributed by atoms with van der Waals surface area (Å²) >= 11 is 6.29. The van der Waals surface area contributed by atoms with Crippen LogP contribution in [-0.2, 0) is 26.2 Å². The maximum Gasteiger partial charge on any atom is 0.243 e. The summed E-state index contributed by atoms with van der Waals surface area (Å²) in [4.78, 5) is 27.6. The first-order valence-corrected chi connectivity index (χ1v) is 12.6. The second-order valence-electron chi connectivity index (χ2n) is 8.18. The molecule has 2 amide bonds. The van der Waals surface area contributed by atoms with Crippen LogP contribution in [0.3, 0.4) is 0 Å². The quantitative estimate of drug-likeness (QED) is 0.547. The van der Waals surface area contributed by atoms with Gasteiger partial charge in [0.1, 0.15) is 6.04 Å². The van der Waals surface area contributed by atoms with Gasteiger partial charge in [0.2, 0.25) is 21.8 Å². The van der Waals surface area contributed by atoms with Crippen molar-refractivity contribution >= 4 is 33.4 Å². The lowest BCUT2D eigenvalue weighted by Gasteiger charge is -2.31. The highest BCUT2D eigenvalue weighted by Crippen LogP contribution is 2.20. The van der Waals surface area contributed by atoms with Gasteiger partial charge < -0.3 is 10.2 Å². The highest BCUT2D eigenvalue weighted by Gasteiger charge is 2.30. The third-order valence-electron chi connectivity index (χ3n) is 5.55. The Morgan fingerprint density at radius 2 is 1.67 bits per heavy atom. The maximum atomic E-state index is 13.3. The molecule has 0 radical (unpaired) electrons. The number of aryl methyl sites for hydroxylation is 1. The molecule has 0 saturated carbocycles. The molecule has 7 nitrogen and oxygen atoms in total. The number of hydrogen-bond donors (Lipinski definition) is 1. The van der Waals surface area contributed by atoms with Gasteiger partial charge in [-0.3, -0.25) is 9.59 Å².